The van der Waals surface area contributed by atoms with E-state index >= 15 is 0 Å². The molecule has 0 saturated carbocycles. The molecule has 184 valence electrons. The zero-order chi connectivity index (χ0) is 22.9. The van der Waals surface area contributed by atoms with Crippen LogP contribution >= 0.6 is 24.8 Å². The molecule has 8 heteroatoms. The Kier molecular flexibility index (Phi) is 12.6. The van der Waals surface area contributed by atoms with Crippen LogP contribution in [0.3, 0.4) is 0 Å². The van der Waals surface area contributed by atoms with Crippen LogP contribution < -0.4 is 10.1 Å². The second kappa shape index (κ2) is 14.6. The molecule has 0 fully saturated rings. The molecule has 3 rings (SSSR count). The van der Waals surface area contributed by atoms with Crippen LogP contribution in [0.1, 0.15) is 41.4 Å². The predicted octanol–water partition coefficient (Wildman–Crippen LogP) is 5.19. The molecule has 3 N–H and O–H groups in total. The fourth-order valence-corrected chi connectivity index (χ4v) is 3.28. The van der Waals surface area contributed by atoms with Gasteiger partial charge in [-0.1, -0.05) is 50.2 Å². The quantitative estimate of drug-likeness (QED) is 0.310. The third-order valence-electron chi connectivity index (χ3n) is 5.07. The van der Waals surface area contributed by atoms with Gasteiger partial charge in [-0.05, 0) is 53.8 Å². The van der Waals surface area contributed by atoms with Crippen molar-refractivity contribution in [3.8, 4) is 16.9 Å². The predicted molar refractivity (Wildman–Crippen MR) is 139 cm³/mol. The van der Waals surface area contributed by atoms with Crippen LogP contribution in [0.15, 0.2) is 67.0 Å². The van der Waals surface area contributed by atoms with Gasteiger partial charge in [0.1, 0.15) is 11.3 Å². The molecule has 1 atom stereocenters. The largest absolute Gasteiger partial charge is 0.492 e. The standard InChI is InChI=1S/C26H30N2O4.2ClH/c1-18(2)17-32-25-14-21(9-10-23(25)26(30)31)20-7-5-19(6-8-20)11-13-28-16-24(29)22-4-3-12-27-15-22;;/h3-10,12,14-15,18,24,28-29H,11,13,16-17H2,1-2H3,(H,30,31);2*1H/t24-;;/m0../s1. The molecule has 0 saturated heterocycles. The number of carboxylic acids is 1. The van der Waals surface area contributed by atoms with Crippen LogP contribution in [0.2, 0.25) is 0 Å². The first kappa shape index (κ1) is 29.4. The molecule has 3 aromatic rings. The number of carboxylic acid groups (broad SMARTS) is 1. The highest BCUT2D eigenvalue weighted by molar-refractivity contribution is 5.92. The van der Waals surface area contributed by atoms with E-state index in [2.05, 4.69) is 22.4 Å². The van der Waals surface area contributed by atoms with Crippen LogP contribution in [0.5, 0.6) is 5.75 Å². The van der Waals surface area contributed by atoms with Crippen LogP contribution in [0.4, 0.5) is 0 Å². The molecule has 0 aliphatic rings. The summed E-state index contributed by atoms with van der Waals surface area (Å²) in [5.74, 6) is -0.297. The number of aliphatic hydroxyl groups is 1. The third-order valence-corrected chi connectivity index (χ3v) is 5.07. The number of hydrogen-bond acceptors (Lipinski definition) is 5. The van der Waals surface area contributed by atoms with Crippen molar-refractivity contribution >= 4 is 30.8 Å². The van der Waals surface area contributed by atoms with Crippen LogP contribution in [0.25, 0.3) is 11.1 Å². The van der Waals surface area contributed by atoms with E-state index in [1.54, 1.807) is 24.5 Å². The maximum atomic E-state index is 11.5. The van der Waals surface area contributed by atoms with Gasteiger partial charge in [0.05, 0.1) is 12.7 Å². The van der Waals surface area contributed by atoms with E-state index < -0.39 is 12.1 Å². The lowest BCUT2D eigenvalue weighted by molar-refractivity contribution is 0.0691. The molecule has 0 aliphatic carbocycles. The number of rotatable bonds is 11. The number of ether oxygens (including phenoxy) is 1. The summed E-state index contributed by atoms with van der Waals surface area (Å²) >= 11 is 0. The van der Waals surface area contributed by atoms with Gasteiger partial charge in [-0.15, -0.1) is 24.8 Å². The summed E-state index contributed by atoms with van der Waals surface area (Å²) in [7, 11) is 0. The average Bonchev–Trinajstić information content (AvgIpc) is 2.81. The molecule has 0 unspecified atom stereocenters. The van der Waals surface area contributed by atoms with Crippen LogP contribution in [-0.2, 0) is 6.42 Å². The normalized spacial score (nSPS) is 11.3. The number of hydrogen-bond donors (Lipinski definition) is 3. The number of nitrogens with zero attached hydrogens (tertiary/aromatic N) is 1. The topological polar surface area (TPSA) is 91.7 Å². The molecule has 2 aromatic carbocycles. The molecule has 0 spiro atoms. The van der Waals surface area contributed by atoms with Crippen molar-refractivity contribution in [3.05, 3.63) is 83.7 Å². The second-order valence-electron chi connectivity index (χ2n) is 8.17. The highest BCUT2D eigenvalue weighted by Crippen LogP contribution is 2.28. The molecule has 1 aromatic heterocycles. The number of halogens is 2. The highest BCUT2D eigenvalue weighted by Gasteiger charge is 2.13. The van der Waals surface area contributed by atoms with Crippen molar-refractivity contribution in [1.29, 1.82) is 0 Å². The zero-order valence-corrected chi connectivity index (χ0v) is 20.9. The van der Waals surface area contributed by atoms with Gasteiger partial charge in [-0.25, -0.2) is 4.79 Å². The Morgan fingerprint density at radius 1 is 1.06 bits per heavy atom. The van der Waals surface area contributed by atoms with Gasteiger partial charge in [0.15, 0.2) is 0 Å². The van der Waals surface area contributed by atoms with Crippen molar-refractivity contribution in [2.75, 3.05) is 19.7 Å². The molecule has 34 heavy (non-hydrogen) atoms. The summed E-state index contributed by atoms with van der Waals surface area (Å²) in [5.41, 5.74) is 4.06. The van der Waals surface area contributed by atoms with Gasteiger partial charge >= 0.3 is 5.97 Å². The lowest BCUT2D eigenvalue weighted by Gasteiger charge is -2.13. The third kappa shape index (κ3) is 8.61. The molecule has 0 aliphatic heterocycles. The molecule has 1 heterocycles. The first-order valence-corrected chi connectivity index (χ1v) is 10.8. The number of pyridine rings is 1. The van der Waals surface area contributed by atoms with Gasteiger partial charge < -0.3 is 20.3 Å². The molecule has 0 bridgehead atoms. The summed E-state index contributed by atoms with van der Waals surface area (Å²) < 4.78 is 5.75. The lowest BCUT2D eigenvalue weighted by atomic mass is 10.0. The van der Waals surface area contributed by atoms with E-state index in [0.717, 1.165) is 29.7 Å². The molecular formula is C26H32Cl2N2O4. The first-order valence-electron chi connectivity index (χ1n) is 10.8. The van der Waals surface area contributed by atoms with E-state index in [0.29, 0.717) is 24.8 Å². The Bertz CT molecular complexity index is 1020. The van der Waals surface area contributed by atoms with Crippen LogP contribution in [-0.4, -0.2) is 40.9 Å². The van der Waals surface area contributed by atoms with E-state index in [-0.39, 0.29) is 30.4 Å². The lowest BCUT2D eigenvalue weighted by Crippen LogP contribution is -2.23. The number of aromatic nitrogens is 1. The van der Waals surface area contributed by atoms with E-state index in [1.807, 2.05) is 44.2 Å². The van der Waals surface area contributed by atoms with Gasteiger partial charge in [0, 0.05) is 24.5 Å². The molecule has 0 amide bonds. The van der Waals surface area contributed by atoms with E-state index in [4.69, 9.17) is 4.74 Å². The highest BCUT2D eigenvalue weighted by atomic mass is 35.5. The Labute approximate surface area is 213 Å². The molecular weight excluding hydrogens is 475 g/mol. The Morgan fingerprint density at radius 2 is 1.76 bits per heavy atom. The number of nitrogens with one attached hydrogen (secondary N) is 1. The minimum absolute atomic E-state index is 0. The smallest absolute Gasteiger partial charge is 0.339 e. The number of carbonyl (C=O) groups is 1. The van der Waals surface area contributed by atoms with Gasteiger partial charge in [-0.3, -0.25) is 4.98 Å². The SMILES string of the molecule is CC(C)COc1cc(-c2ccc(CCNC[C@H](O)c3cccnc3)cc2)ccc1C(=O)O.Cl.Cl. The number of aliphatic hydroxyl groups excluding tert-OH is 1. The first-order chi connectivity index (χ1) is 15.4. The minimum atomic E-state index is -0.994. The zero-order valence-electron chi connectivity index (χ0n) is 19.3. The monoisotopic (exact) mass is 506 g/mol. The Balaban J connectivity index is 0.00000289. The number of aromatic carboxylic acids is 1. The van der Waals surface area contributed by atoms with Gasteiger partial charge in [0.2, 0.25) is 0 Å². The summed E-state index contributed by atoms with van der Waals surface area (Å²) in [6.45, 7) is 5.73. The van der Waals surface area contributed by atoms with Crippen LogP contribution in [0, 0.1) is 5.92 Å². The van der Waals surface area contributed by atoms with Crippen molar-refractivity contribution in [3.63, 3.8) is 0 Å². The Morgan fingerprint density at radius 3 is 2.38 bits per heavy atom. The summed E-state index contributed by atoms with van der Waals surface area (Å²) in [6, 6.07) is 17.1. The maximum Gasteiger partial charge on any atom is 0.339 e. The number of benzene rings is 2. The van der Waals surface area contributed by atoms with Crippen molar-refractivity contribution < 1.29 is 19.7 Å². The van der Waals surface area contributed by atoms with Gasteiger partial charge in [0.25, 0.3) is 0 Å². The molecule has 0 radical (unpaired) electrons. The summed E-state index contributed by atoms with van der Waals surface area (Å²) in [6.07, 6.45) is 3.62. The second-order valence-corrected chi connectivity index (χ2v) is 8.17. The van der Waals surface area contributed by atoms with Crippen molar-refractivity contribution in [2.45, 2.75) is 26.4 Å². The van der Waals surface area contributed by atoms with Gasteiger partial charge in [-0.2, -0.15) is 0 Å². The maximum absolute atomic E-state index is 11.5. The summed E-state index contributed by atoms with van der Waals surface area (Å²) in [4.78, 5) is 15.5. The summed E-state index contributed by atoms with van der Waals surface area (Å²) in [5, 5.41) is 22.9. The molecule has 6 nitrogen and oxygen atoms in total. The van der Waals surface area contributed by atoms with E-state index in [9.17, 15) is 15.0 Å². The fraction of sp³-hybridized carbons (Fsp3) is 0.308. The average molecular weight is 507 g/mol. The minimum Gasteiger partial charge on any atom is -0.492 e. The van der Waals surface area contributed by atoms with E-state index in [1.165, 1.54) is 5.56 Å². The fourth-order valence-electron chi connectivity index (χ4n) is 3.28. The Hall–Kier alpha value is -2.64. The van der Waals surface area contributed by atoms with Crippen molar-refractivity contribution in [2.24, 2.45) is 5.92 Å². The van der Waals surface area contributed by atoms with Crippen molar-refractivity contribution in [1.82, 2.24) is 10.3 Å².